The van der Waals surface area contributed by atoms with Gasteiger partial charge in [-0.05, 0) is 60.0 Å². The summed E-state index contributed by atoms with van der Waals surface area (Å²) in [7, 11) is 1.57. The third kappa shape index (κ3) is 8.07. The van der Waals surface area contributed by atoms with Crippen LogP contribution in [0, 0.1) is 5.92 Å². The minimum Gasteiger partial charge on any atom is -0.493 e. The maximum atomic E-state index is 13.6. The number of hydrogen-bond donors (Lipinski definition) is 2. The predicted octanol–water partition coefficient (Wildman–Crippen LogP) is 3.60. The number of amides is 3. The molecule has 1 fully saturated rings. The molecule has 2 bridgehead atoms. The van der Waals surface area contributed by atoms with Gasteiger partial charge < -0.3 is 39.2 Å². The lowest BCUT2D eigenvalue weighted by atomic mass is 9.88. The van der Waals surface area contributed by atoms with Gasteiger partial charge in [0.2, 0.25) is 18.6 Å². The van der Waals surface area contributed by atoms with Crippen molar-refractivity contribution in [1.29, 1.82) is 0 Å². The molecule has 3 aliphatic rings. The average Bonchev–Trinajstić information content (AvgIpc) is 3.74. The minimum absolute atomic E-state index is 0.0480. The van der Waals surface area contributed by atoms with Crippen molar-refractivity contribution < 1.29 is 43.2 Å². The smallest absolute Gasteiger partial charge is 0.290 e. The number of ether oxygens (including phenoxy) is 4. The van der Waals surface area contributed by atoms with Crippen molar-refractivity contribution in [1.82, 2.24) is 15.1 Å². The van der Waals surface area contributed by atoms with Crippen LogP contribution in [0.25, 0.3) is 0 Å². The van der Waals surface area contributed by atoms with Crippen LogP contribution in [0.4, 0.5) is 0 Å². The molecular formula is C34H36ClN3O9. The molecule has 0 spiro atoms. The molecule has 6 rings (SSSR count). The van der Waals surface area contributed by atoms with E-state index in [1.54, 1.807) is 47.2 Å². The lowest BCUT2D eigenvalue weighted by Crippen LogP contribution is -2.39. The molecule has 13 heteroatoms. The van der Waals surface area contributed by atoms with Gasteiger partial charge in [-0.1, -0.05) is 29.8 Å². The van der Waals surface area contributed by atoms with Gasteiger partial charge in [0.15, 0.2) is 23.0 Å². The fourth-order valence-corrected chi connectivity index (χ4v) is 6.07. The summed E-state index contributed by atoms with van der Waals surface area (Å²) in [6.45, 7) is 1.96. The number of carbonyl (C=O) groups is 4. The van der Waals surface area contributed by atoms with E-state index in [4.69, 9.17) is 40.4 Å². The molecule has 2 atom stereocenters. The van der Waals surface area contributed by atoms with Crippen LogP contribution in [-0.4, -0.2) is 92.3 Å². The van der Waals surface area contributed by atoms with E-state index in [-0.39, 0.29) is 49.9 Å². The monoisotopic (exact) mass is 665 g/mol. The largest absolute Gasteiger partial charge is 0.493 e. The number of nitrogens with zero attached hydrogens (tertiary/aromatic N) is 2. The number of nitrogens with one attached hydrogen (secondary N) is 1. The van der Waals surface area contributed by atoms with Gasteiger partial charge in [-0.25, -0.2) is 0 Å². The lowest BCUT2D eigenvalue weighted by Gasteiger charge is -2.25. The molecule has 47 heavy (non-hydrogen) atoms. The van der Waals surface area contributed by atoms with Crippen molar-refractivity contribution >= 4 is 35.8 Å². The third-order valence-corrected chi connectivity index (χ3v) is 8.58. The third-order valence-electron chi connectivity index (χ3n) is 8.32. The molecular weight excluding hydrogens is 630 g/mol. The van der Waals surface area contributed by atoms with Crippen LogP contribution in [0.5, 0.6) is 23.0 Å². The van der Waals surface area contributed by atoms with E-state index in [9.17, 15) is 14.4 Å². The van der Waals surface area contributed by atoms with Crippen LogP contribution in [0.2, 0.25) is 5.02 Å². The van der Waals surface area contributed by atoms with E-state index in [1.165, 1.54) is 0 Å². The summed E-state index contributed by atoms with van der Waals surface area (Å²) in [6, 6.07) is 18.0. The van der Waals surface area contributed by atoms with Crippen LogP contribution < -0.4 is 24.3 Å². The quantitative estimate of drug-likeness (QED) is 0.400. The van der Waals surface area contributed by atoms with Crippen LogP contribution in [0.15, 0.2) is 60.7 Å². The number of carbonyl (C=O) groups excluding carboxylic acids is 3. The molecule has 0 radical (unpaired) electrons. The minimum atomic E-state index is -0.445. The van der Waals surface area contributed by atoms with Crippen LogP contribution in [0.3, 0.4) is 0 Å². The van der Waals surface area contributed by atoms with Crippen LogP contribution >= 0.6 is 11.6 Å². The molecule has 1 saturated heterocycles. The van der Waals surface area contributed by atoms with E-state index in [0.717, 1.165) is 11.1 Å². The first kappa shape index (κ1) is 33.4. The van der Waals surface area contributed by atoms with E-state index >= 15 is 0 Å². The SMILES string of the molecule is COc1ccc2cc1OCCN(C(=O)c1ccc3c(c1)OCO3)CCCNC(=O)[C@H]1CN(C(=O)Cc3ccc(Cl)cc3)C[C@H]21.O=CO. The van der Waals surface area contributed by atoms with Crippen LogP contribution in [-0.2, 0) is 20.8 Å². The second-order valence-electron chi connectivity index (χ2n) is 11.2. The van der Waals surface area contributed by atoms with Crippen molar-refractivity contribution in [3.63, 3.8) is 0 Å². The van der Waals surface area contributed by atoms with Gasteiger partial charge in [0.05, 0.1) is 26.0 Å². The van der Waals surface area contributed by atoms with Crippen molar-refractivity contribution in [3.05, 3.63) is 82.4 Å². The molecule has 0 aliphatic carbocycles. The normalized spacial score (nSPS) is 18.8. The summed E-state index contributed by atoms with van der Waals surface area (Å²) in [5, 5.41) is 10.6. The zero-order valence-electron chi connectivity index (χ0n) is 25.9. The first-order chi connectivity index (χ1) is 22.8. The molecule has 3 heterocycles. The summed E-state index contributed by atoms with van der Waals surface area (Å²) < 4.78 is 22.6. The number of fused-ring (bicyclic) bond motifs is 5. The Balaban J connectivity index is 0.00000139. The summed E-state index contributed by atoms with van der Waals surface area (Å²) in [4.78, 5) is 52.2. The highest BCUT2D eigenvalue weighted by Crippen LogP contribution is 2.38. The number of methoxy groups -OCH3 is 1. The molecule has 0 unspecified atom stereocenters. The molecule has 3 aromatic carbocycles. The molecule has 3 aromatic rings. The topological polar surface area (TPSA) is 144 Å². The lowest BCUT2D eigenvalue weighted by molar-refractivity contribution is -0.130. The first-order valence-electron chi connectivity index (χ1n) is 15.2. The molecule has 3 aliphatic heterocycles. The summed E-state index contributed by atoms with van der Waals surface area (Å²) >= 11 is 6.01. The predicted molar refractivity (Wildman–Crippen MR) is 171 cm³/mol. The zero-order valence-corrected chi connectivity index (χ0v) is 26.6. The van der Waals surface area contributed by atoms with Gasteiger partial charge in [0.1, 0.15) is 6.61 Å². The molecule has 0 aromatic heterocycles. The number of rotatable bonds is 4. The van der Waals surface area contributed by atoms with E-state index < -0.39 is 5.92 Å². The van der Waals surface area contributed by atoms with Gasteiger partial charge in [-0.3, -0.25) is 19.2 Å². The van der Waals surface area contributed by atoms with Crippen molar-refractivity contribution in [2.75, 3.05) is 53.2 Å². The Morgan fingerprint density at radius 2 is 1.70 bits per heavy atom. The van der Waals surface area contributed by atoms with E-state index in [2.05, 4.69) is 5.32 Å². The second-order valence-corrected chi connectivity index (χ2v) is 11.6. The molecule has 12 nitrogen and oxygen atoms in total. The maximum absolute atomic E-state index is 13.6. The molecule has 2 N–H and O–H groups in total. The van der Waals surface area contributed by atoms with E-state index in [1.807, 2.05) is 30.3 Å². The van der Waals surface area contributed by atoms with Crippen molar-refractivity contribution in [2.24, 2.45) is 5.92 Å². The van der Waals surface area contributed by atoms with Gasteiger partial charge in [0, 0.05) is 42.7 Å². The Morgan fingerprint density at radius 3 is 2.47 bits per heavy atom. The number of carboxylic acid groups (broad SMARTS) is 1. The first-order valence-corrected chi connectivity index (χ1v) is 15.6. The molecule has 3 amide bonds. The fourth-order valence-electron chi connectivity index (χ4n) is 5.94. The number of likely N-dealkylation sites (tertiary alicyclic amines) is 1. The Labute approximate surface area is 277 Å². The summed E-state index contributed by atoms with van der Waals surface area (Å²) in [5.41, 5.74) is 2.23. The Bertz CT molecular complexity index is 1600. The molecule has 248 valence electrons. The standard InChI is InChI=1S/C33H34ClN3O7.CH2O2/c1-41-27-9-5-22-16-29(27)42-14-13-36(33(40)23-6-10-28-30(17-23)44-20-43-28)12-2-11-35-32(39)26-19-37(18-25(22)26)31(38)15-21-3-7-24(34)8-4-21;2-1-3/h3-10,16-17,25-26H,2,11-15,18-20H2,1H3,(H,35,39);1H,(H,2,3)/t25-,26+;/m1./s1. The van der Waals surface area contributed by atoms with Gasteiger partial charge in [-0.15, -0.1) is 0 Å². The van der Waals surface area contributed by atoms with E-state index in [0.29, 0.717) is 72.7 Å². The fraction of sp³-hybridized carbons (Fsp3) is 0.353. The van der Waals surface area contributed by atoms with Crippen LogP contribution in [0.1, 0.15) is 33.8 Å². The second kappa shape index (κ2) is 15.5. The summed E-state index contributed by atoms with van der Waals surface area (Å²) in [6.07, 6.45) is 0.773. The number of benzene rings is 3. The van der Waals surface area contributed by atoms with Gasteiger partial charge in [0.25, 0.3) is 12.4 Å². The Hall–Kier alpha value is -4.97. The Morgan fingerprint density at radius 1 is 0.957 bits per heavy atom. The highest BCUT2D eigenvalue weighted by atomic mass is 35.5. The zero-order chi connectivity index (χ0) is 33.3. The Kier molecular flexibility index (Phi) is 11.0. The van der Waals surface area contributed by atoms with Gasteiger partial charge >= 0.3 is 0 Å². The highest BCUT2D eigenvalue weighted by Gasteiger charge is 2.40. The number of halogens is 1. The maximum Gasteiger partial charge on any atom is 0.290 e. The highest BCUT2D eigenvalue weighted by molar-refractivity contribution is 6.30. The average molecular weight is 666 g/mol. The van der Waals surface area contributed by atoms with Crippen molar-refractivity contribution in [2.45, 2.75) is 18.8 Å². The van der Waals surface area contributed by atoms with Gasteiger partial charge in [-0.2, -0.15) is 0 Å². The molecule has 0 saturated carbocycles. The van der Waals surface area contributed by atoms with Crippen molar-refractivity contribution in [3.8, 4) is 23.0 Å². The summed E-state index contributed by atoms with van der Waals surface area (Å²) in [5.74, 6) is 1.20. The number of hydrogen-bond acceptors (Lipinski definition) is 8.